The summed E-state index contributed by atoms with van der Waals surface area (Å²) < 4.78 is 53.7. The second-order valence-corrected chi connectivity index (χ2v) is 6.96. The smallest absolute Gasteiger partial charge is 0.264 e. The van der Waals surface area contributed by atoms with Crippen molar-refractivity contribution in [3.63, 3.8) is 0 Å². The third-order valence-corrected chi connectivity index (χ3v) is 4.78. The highest BCUT2D eigenvalue weighted by Gasteiger charge is 2.22. The fourth-order valence-corrected chi connectivity index (χ4v) is 3.26. The van der Waals surface area contributed by atoms with Gasteiger partial charge in [-0.25, -0.2) is 17.2 Å². The number of rotatable bonds is 3. The Labute approximate surface area is 133 Å². The van der Waals surface area contributed by atoms with Gasteiger partial charge in [0, 0.05) is 5.69 Å². The van der Waals surface area contributed by atoms with E-state index >= 15 is 0 Å². The van der Waals surface area contributed by atoms with Crippen LogP contribution in [-0.4, -0.2) is 8.42 Å². The van der Waals surface area contributed by atoms with Crippen molar-refractivity contribution in [3.8, 4) is 0 Å². The van der Waals surface area contributed by atoms with Gasteiger partial charge >= 0.3 is 0 Å². The van der Waals surface area contributed by atoms with Crippen LogP contribution < -0.4 is 10.5 Å². The number of nitrogen functional groups attached to an aromatic ring is 1. The molecule has 2 rings (SSSR count). The Morgan fingerprint density at radius 3 is 2.48 bits per heavy atom. The molecule has 0 aliphatic rings. The van der Waals surface area contributed by atoms with Crippen LogP contribution in [0.2, 0.25) is 5.02 Å². The summed E-state index contributed by atoms with van der Waals surface area (Å²) in [5.74, 6) is -1.79. The van der Waals surface area contributed by atoms with Gasteiger partial charge in [-0.15, -0.1) is 0 Å². The number of benzene rings is 2. The molecule has 0 atom stereocenters. The predicted octanol–water partition coefficient (Wildman–Crippen LogP) is 3.76. The molecule has 2 aromatic carbocycles. The molecule has 4 nitrogen and oxygen atoms in total. The van der Waals surface area contributed by atoms with Crippen molar-refractivity contribution in [1.82, 2.24) is 0 Å². The Bertz CT molecular complexity index is 815. The van der Waals surface area contributed by atoms with Crippen molar-refractivity contribution < 1.29 is 17.2 Å². The molecule has 0 fully saturated rings. The summed E-state index contributed by atoms with van der Waals surface area (Å²) in [4.78, 5) is -0.712. The summed E-state index contributed by atoms with van der Waals surface area (Å²) in [6.07, 6.45) is 0. The van der Waals surface area contributed by atoms with Gasteiger partial charge in [0.25, 0.3) is 10.0 Å². The maximum absolute atomic E-state index is 13.8. The lowest BCUT2D eigenvalue weighted by Gasteiger charge is -2.11. The van der Waals surface area contributed by atoms with E-state index in [0.717, 1.165) is 18.2 Å². The maximum Gasteiger partial charge on any atom is 0.264 e. The van der Waals surface area contributed by atoms with Crippen LogP contribution in [0, 0.1) is 11.6 Å². The summed E-state index contributed by atoms with van der Waals surface area (Å²) in [5, 5.41) is -0.419. The molecule has 112 valence electrons. The fraction of sp³-hybridized carbons (Fsp3) is 0. The van der Waals surface area contributed by atoms with Gasteiger partial charge in [-0.3, -0.25) is 4.72 Å². The molecule has 0 aromatic heterocycles. The molecular formula is C12H8BrClF2N2O2S. The largest absolute Gasteiger partial charge is 0.399 e. The van der Waals surface area contributed by atoms with Gasteiger partial charge in [-0.2, -0.15) is 0 Å². The van der Waals surface area contributed by atoms with E-state index in [2.05, 4.69) is 20.7 Å². The monoisotopic (exact) mass is 396 g/mol. The molecule has 0 saturated heterocycles. The molecule has 0 bridgehead atoms. The van der Waals surface area contributed by atoms with Crippen LogP contribution in [0.4, 0.5) is 20.2 Å². The fourth-order valence-electron chi connectivity index (χ4n) is 1.55. The van der Waals surface area contributed by atoms with E-state index < -0.39 is 31.6 Å². The molecule has 0 radical (unpaired) electrons. The molecule has 0 heterocycles. The Kier molecular flexibility index (Phi) is 4.40. The van der Waals surface area contributed by atoms with Gasteiger partial charge < -0.3 is 5.73 Å². The molecule has 0 unspecified atom stereocenters. The van der Waals surface area contributed by atoms with Crippen molar-refractivity contribution in [2.75, 3.05) is 10.5 Å². The number of sulfonamides is 1. The van der Waals surface area contributed by atoms with Crippen molar-refractivity contribution in [2.24, 2.45) is 0 Å². The lowest BCUT2D eigenvalue weighted by atomic mass is 10.3. The van der Waals surface area contributed by atoms with Crippen molar-refractivity contribution >= 4 is 48.9 Å². The van der Waals surface area contributed by atoms with E-state index in [-0.39, 0.29) is 15.8 Å². The SMILES string of the molecule is Nc1cc(Cl)c(F)c(S(=O)(=O)Nc2ccc(Br)c(F)c2)c1. The van der Waals surface area contributed by atoms with Gasteiger partial charge in [0.05, 0.1) is 15.2 Å². The zero-order valence-corrected chi connectivity index (χ0v) is 13.4. The minimum Gasteiger partial charge on any atom is -0.399 e. The van der Waals surface area contributed by atoms with Crippen LogP contribution in [0.1, 0.15) is 0 Å². The van der Waals surface area contributed by atoms with Crippen molar-refractivity contribution in [1.29, 1.82) is 0 Å². The lowest BCUT2D eigenvalue weighted by Crippen LogP contribution is -2.15. The summed E-state index contributed by atoms with van der Waals surface area (Å²) in [6, 6.07) is 5.60. The Balaban J connectivity index is 2.45. The van der Waals surface area contributed by atoms with Gasteiger partial charge in [-0.1, -0.05) is 11.6 Å². The molecular weight excluding hydrogens is 390 g/mol. The van der Waals surface area contributed by atoms with Crippen LogP contribution in [0.15, 0.2) is 39.7 Å². The highest BCUT2D eigenvalue weighted by molar-refractivity contribution is 9.10. The summed E-state index contributed by atoms with van der Waals surface area (Å²) >= 11 is 8.50. The first kappa shape index (κ1) is 16.0. The highest BCUT2D eigenvalue weighted by atomic mass is 79.9. The molecule has 9 heteroatoms. The normalized spacial score (nSPS) is 11.4. The molecule has 0 saturated carbocycles. The summed E-state index contributed by atoms with van der Waals surface area (Å²) in [6.45, 7) is 0. The van der Waals surface area contributed by atoms with Crippen LogP contribution in [0.5, 0.6) is 0 Å². The number of hydrogen-bond acceptors (Lipinski definition) is 3. The third kappa shape index (κ3) is 3.45. The van der Waals surface area contributed by atoms with Gasteiger partial charge in [-0.05, 0) is 46.3 Å². The van der Waals surface area contributed by atoms with Gasteiger partial charge in [0.2, 0.25) is 0 Å². The molecule has 21 heavy (non-hydrogen) atoms. The number of anilines is 2. The molecule has 0 amide bonds. The summed E-state index contributed by atoms with van der Waals surface area (Å²) in [7, 11) is -4.29. The first-order chi connectivity index (χ1) is 9.70. The van der Waals surface area contributed by atoms with Crippen LogP contribution in [-0.2, 0) is 10.0 Å². The average Bonchev–Trinajstić information content (AvgIpc) is 2.37. The molecule has 0 spiro atoms. The van der Waals surface area contributed by atoms with E-state index in [1.165, 1.54) is 12.1 Å². The minimum absolute atomic E-state index is 0.0104. The lowest BCUT2D eigenvalue weighted by molar-refractivity contribution is 0.571. The zero-order valence-electron chi connectivity index (χ0n) is 10.2. The van der Waals surface area contributed by atoms with E-state index in [4.69, 9.17) is 17.3 Å². The van der Waals surface area contributed by atoms with Crippen molar-refractivity contribution in [2.45, 2.75) is 4.90 Å². The van der Waals surface area contributed by atoms with Crippen LogP contribution in [0.25, 0.3) is 0 Å². The molecule has 2 aromatic rings. The Hall–Kier alpha value is -1.38. The second-order valence-electron chi connectivity index (χ2n) is 4.05. The minimum atomic E-state index is -4.29. The average molecular weight is 398 g/mol. The Morgan fingerprint density at radius 1 is 1.19 bits per heavy atom. The first-order valence-electron chi connectivity index (χ1n) is 5.43. The van der Waals surface area contributed by atoms with E-state index in [0.29, 0.717) is 0 Å². The third-order valence-electron chi connectivity index (χ3n) is 2.48. The maximum atomic E-state index is 13.8. The number of halogens is 4. The highest BCUT2D eigenvalue weighted by Crippen LogP contribution is 2.28. The van der Waals surface area contributed by atoms with Gasteiger partial charge in [0.15, 0.2) is 5.82 Å². The number of hydrogen-bond donors (Lipinski definition) is 2. The number of nitrogens with two attached hydrogens (primary N) is 1. The van der Waals surface area contributed by atoms with Crippen molar-refractivity contribution in [3.05, 3.63) is 51.5 Å². The van der Waals surface area contributed by atoms with E-state index in [1.54, 1.807) is 0 Å². The molecule has 3 N–H and O–H groups in total. The second kappa shape index (κ2) is 5.78. The molecule has 0 aliphatic carbocycles. The topological polar surface area (TPSA) is 72.2 Å². The zero-order chi connectivity index (χ0) is 15.8. The standard InChI is InChI=1S/C12H8BrClF2N2O2S/c13-8-2-1-7(5-10(8)15)18-21(19,20)11-4-6(17)3-9(14)12(11)16/h1-5,18H,17H2. The van der Waals surface area contributed by atoms with Crippen LogP contribution >= 0.6 is 27.5 Å². The van der Waals surface area contributed by atoms with E-state index in [9.17, 15) is 17.2 Å². The van der Waals surface area contributed by atoms with E-state index in [1.807, 2.05) is 0 Å². The predicted molar refractivity (Wildman–Crippen MR) is 80.7 cm³/mol. The Morgan fingerprint density at radius 2 is 1.86 bits per heavy atom. The number of nitrogens with one attached hydrogen (secondary N) is 1. The van der Waals surface area contributed by atoms with Crippen LogP contribution in [0.3, 0.4) is 0 Å². The first-order valence-corrected chi connectivity index (χ1v) is 8.08. The quantitative estimate of drug-likeness (QED) is 0.775. The summed E-state index contributed by atoms with van der Waals surface area (Å²) in [5.41, 5.74) is 5.38. The molecule has 0 aliphatic heterocycles. The van der Waals surface area contributed by atoms with Gasteiger partial charge in [0.1, 0.15) is 10.7 Å².